The summed E-state index contributed by atoms with van der Waals surface area (Å²) in [4.78, 5) is 19.2. The summed E-state index contributed by atoms with van der Waals surface area (Å²) in [6.07, 6.45) is 6.15. The Bertz CT molecular complexity index is 1220. The third-order valence-electron chi connectivity index (χ3n) is 6.18. The number of carbonyl (C=O) groups is 1. The first-order valence-corrected chi connectivity index (χ1v) is 11.8. The van der Waals surface area contributed by atoms with Crippen LogP contribution in [0.1, 0.15) is 22.3 Å². The van der Waals surface area contributed by atoms with E-state index in [1.165, 1.54) is 0 Å². The molecule has 0 radical (unpaired) electrons. The summed E-state index contributed by atoms with van der Waals surface area (Å²) in [6, 6.07) is 10.4. The third kappa shape index (κ3) is 3.84. The Labute approximate surface area is 181 Å². The van der Waals surface area contributed by atoms with Gasteiger partial charge in [0.25, 0.3) is 5.91 Å². The molecule has 8 nitrogen and oxygen atoms in total. The van der Waals surface area contributed by atoms with Gasteiger partial charge in [0.1, 0.15) is 5.65 Å². The molecule has 31 heavy (non-hydrogen) atoms. The Balaban J connectivity index is 1.25. The molecule has 2 bridgehead atoms. The van der Waals surface area contributed by atoms with E-state index in [1.807, 2.05) is 7.05 Å². The van der Waals surface area contributed by atoms with Crippen molar-refractivity contribution in [2.45, 2.75) is 23.9 Å². The van der Waals surface area contributed by atoms with Crippen LogP contribution >= 0.6 is 0 Å². The molecule has 2 aromatic heterocycles. The Kier molecular flexibility index (Phi) is 5.04. The molecule has 0 unspecified atom stereocenters. The summed E-state index contributed by atoms with van der Waals surface area (Å²) in [5.41, 5.74) is 2.16. The molecule has 1 amide bonds. The number of hydrogen-bond donors (Lipinski definition) is 1. The van der Waals surface area contributed by atoms with Crippen molar-refractivity contribution in [2.24, 2.45) is 5.92 Å². The predicted molar refractivity (Wildman–Crippen MR) is 116 cm³/mol. The molecule has 2 atom stereocenters. The summed E-state index contributed by atoms with van der Waals surface area (Å²) >= 11 is 0. The maximum Gasteiger partial charge on any atom is 0.253 e. The zero-order valence-electron chi connectivity index (χ0n) is 17.3. The van der Waals surface area contributed by atoms with E-state index in [2.05, 4.69) is 15.2 Å². The lowest BCUT2D eigenvalue weighted by molar-refractivity contribution is 0.0950. The average Bonchev–Trinajstić information content (AvgIpc) is 3.35. The highest BCUT2D eigenvalue weighted by molar-refractivity contribution is 7.89. The fraction of sp³-hybridized carbons (Fsp3) is 0.364. The second-order valence-corrected chi connectivity index (χ2v) is 10.4. The number of aromatic nitrogens is 2. The highest BCUT2D eigenvalue weighted by Gasteiger charge is 2.43. The van der Waals surface area contributed by atoms with E-state index in [-0.39, 0.29) is 11.9 Å². The number of sulfonamides is 1. The molecule has 2 saturated heterocycles. The van der Waals surface area contributed by atoms with Gasteiger partial charge in [-0.15, -0.1) is 0 Å². The third-order valence-corrected chi connectivity index (χ3v) is 8.11. The van der Waals surface area contributed by atoms with Crippen LogP contribution < -0.4 is 5.32 Å². The molecular formula is C22H25N5O3S. The Hall–Kier alpha value is -2.75. The van der Waals surface area contributed by atoms with E-state index in [9.17, 15) is 13.2 Å². The topological polar surface area (TPSA) is 87.0 Å². The number of benzene rings is 1. The number of pyridine rings is 1. The van der Waals surface area contributed by atoms with Crippen LogP contribution in [0.2, 0.25) is 0 Å². The van der Waals surface area contributed by atoms with E-state index in [0.29, 0.717) is 29.5 Å². The maximum atomic E-state index is 13.2. The summed E-state index contributed by atoms with van der Waals surface area (Å²) in [7, 11) is -1.46. The van der Waals surface area contributed by atoms with E-state index in [0.717, 1.165) is 30.7 Å². The SMILES string of the molecule is CN1C[C@H]2C[C@@H](C1)N(S(=O)(=O)c1ccc(CNC(=O)c3ccc4nccn4c3)cc1)C2. The van der Waals surface area contributed by atoms with Gasteiger partial charge in [-0.05, 0) is 49.2 Å². The number of fused-ring (bicyclic) bond motifs is 3. The number of likely N-dealkylation sites (tertiary alicyclic amines) is 1. The minimum absolute atomic E-state index is 0.0561. The van der Waals surface area contributed by atoms with Gasteiger partial charge in [0, 0.05) is 50.8 Å². The smallest absolute Gasteiger partial charge is 0.253 e. The second-order valence-electron chi connectivity index (χ2n) is 8.49. The average molecular weight is 440 g/mol. The van der Waals surface area contributed by atoms with Gasteiger partial charge in [-0.3, -0.25) is 4.79 Å². The molecule has 2 aliphatic rings. The van der Waals surface area contributed by atoms with Gasteiger partial charge in [-0.2, -0.15) is 4.31 Å². The van der Waals surface area contributed by atoms with E-state index >= 15 is 0 Å². The summed E-state index contributed by atoms with van der Waals surface area (Å²) < 4.78 is 29.8. The summed E-state index contributed by atoms with van der Waals surface area (Å²) in [6.45, 7) is 2.65. The molecule has 5 rings (SSSR count). The van der Waals surface area contributed by atoms with Gasteiger partial charge in [-0.1, -0.05) is 12.1 Å². The van der Waals surface area contributed by atoms with Gasteiger partial charge in [-0.25, -0.2) is 13.4 Å². The zero-order chi connectivity index (χ0) is 21.6. The van der Waals surface area contributed by atoms with Crippen LogP contribution in [0.3, 0.4) is 0 Å². The zero-order valence-corrected chi connectivity index (χ0v) is 18.1. The lowest BCUT2D eigenvalue weighted by Crippen LogP contribution is -2.42. The van der Waals surface area contributed by atoms with Crippen LogP contribution in [0.5, 0.6) is 0 Å². The number of nitrogens with zero attached hydrogens (tertiary/aromatic N) is 4. The fourth-order valence-electron chi connectivity index (χ4n) is 4.70. The quantitative estimate of drug-likeness (QED) is 0.652. The minimum atomic E-state index is -3.51. The molecule has 3 aromatic rings. The molecule has 0 saturated carbocycles. The molecule has 0 aliphatic carbocycles. The lowest BCUT2D eigenvalue weighted by Gasteiger charge is -2.29. The van der Waals surface area contributed by atoms with Gasteiger partial charge >= 0.3 is 0 Å². The second kappa shape index (κ2) is 7.74. The van der Waals surface area contributed by atoms with E-state index in [1.54, 1.807) is 63.7 Å². The van der Waals surface area contributed by atoms with Gasteiger partial charge in [0.2, 0.25) is 10.0 Å². The number of likely N-dealkylation sites (N-methyl/N-ethyl adjacent to an activating group) is 1. The maximum absolute atomic E-state index is 13.2. The normalized spacial score (nSPS) is 22.1. The van der Waals surface area contributed by atoms with Crippen molar-refractivity contribution < 1.29 is 13.2 Å². The lowest BCUT2D eigenvalue weighted by atomic mass is 10.0. The standard InChI is InChI=1S/C22H25N5O3S/c1-25-12-17-10-19(15-25)27(13-17)31(29,30)20-5-2-16(3-6-20)11-24-22(28)18-4-7-21-23-8-9-26(21)14-18/h2-9,14,17,19H,10-13,15H2,1H3,(H,24,28)/t17-,19+/m1/s1. The van der Waals surface area contributed by atoms with Crippen LogP contribution in [0.15, 0.2) is 59.9 Å². The van der Waals surface area contributed by atoms with Crippen LogP contribution in [0.4, 0.5) is 0 Å². The van der Waals surface area contributed by atoms with Crippen molar-refractivity contribution in [3.63, 3.8) is 0 Å². The number of rotatable bonds is 5. The Morgan fingerprint density at radius 3 is 2.74 bits per heavy atom. The van der Waals surface area contributed by atoms with Gasteiger partial charge in [0.05, 0.1) is 10.5 Å². The highest BCUT2D eigenvalue weighted by Crippen LogP contribution is 2.33. The highest BCUT2D eigenvalue weighted by atomic mass is 32.2. The first-order valence-electron chi connectivity index (χ1n) is 10.4. The Morgan fingerprint density at radius 2 is 1.94 bits per heavy atom. The first kappa shape index (κ1) is 20.2. The van der Waals surface area contributed by atoms with Crippen LogP contribution in [-0.4, -0.2) is 65.6 Å². The molecule has 2 aliphatic heterocycles. The minimum Gasteiger partial charge on any atom is -0.348 e. The first-order chi connectivity index (χ1) is 14.9. The van der Waals surface area contributed by atoms with E-state index < -0.39 is 10.0 Å². The number of piperidine rings is 1. The molecule has 9 heteroatoms. The van der Waals surface area contributed by atoms with Crippen molar-refractivity contribution in [2.75, 3.05) is 26.7 Å². The molecule has 1 N–H and O–H groups in total. The van der Waals surface area contributed by atoms with Crippen molar-refractivity contribution in [1.29, 1.82) is 0 Å². The largest absolute Gasteiger partial charge is 0.348 e. The molecule has 1 aromatic carbocycles. The molecule has 4 heterocycles. The monoisotopic (exact) mass is 439 g/mol. The van der Waals surface area contributed by atoms with Crippen LogP contribution in [-0.2, 0) is 16.6 Å². The van der Waals surface area contributed by atoms with Crippen molar-refractivity contribution >= 4 is 21.6 Å². The van der Waals surface area contributed by atoms with E-state index in [4.69, 9.17) is 0 Å². The molecular weight excluding hydrogens is 414 g/mol. The molecule has 2 fully saturated rings. The number of carbonyl (C=O) groups excluding carboxylic acids is 1. The number of nitrogens with one attached hydrogen (secondary N) is 1. The van der Waals surface area contributed by atoms with Crippen molar-refractivity contribution in [3.8, 4) is 0 Å². The summed E-state index contributed by atoms with van der Waals surface area (Å²) in [5.74, 6) is 0.218. The number of hydrogen-bond acceptors (Lipinski definition) is 5. The van der Waals surface area contributed by atoms with Crippen LogP contribution in [0.25, 0.3) is 5.65 Å². The predicted octanol–water partition coefficient (Wildman–Crippen LogP) is 1.59. The van der Waals surface area contributed by atoms with Gasteiger partial charge < -0.3 is 14.6 Å². The number of imidazole rings is 1. The number of amides is 1. The van der Waals surface area contributed by atoms with Gasteiger partial charge in [0.15, 0.2) is 0 Å². The Morgan fingerprint density at radius 1 is 1.13 bits per heavy atom. The van der Waals surface area contributed by atoms with Crippen LogP contribution in [0, 0.1) is 5.92 Å². The van der Waals surface area contributed by atoms with Crippen molar-refractivity contribution in [3.05, 3.63) is 66.1 Å². The van der Waals surface area contributed by atoms with Crippen molar-refractivity contribution in [1.82, 2.24) is 23.9 Å². The molecule has 162 valence electrons. The summed E-state index contributed by atoms with van der Waals surface area (Å²) in [5, 5.41) is 2.88. The fourth-order valence-corrected chi connectivity index (χ4v) is 6.40. The molecule has 0 spiro atoms.